The number of fused-ring (bicyclic) bond motifs is 4. The van der Waals surface area contributed by atoms with E-state index in [-0.39, 0.29) is 6.61 Å². The molecule has 0 radical (unpaired) electrons. The molecule has 2 N–H and O–H groups in total. The maximum Gasteiger partial charge on any atom is 0.200 e. The number of β-amino-alcohol motifs (C(OH)–C–C–N with tert-alkyl or cyclic N) is 1. The van der Waals surface area contributed by atoms with Crippen molar-refractivity contribution in [3.8, 4) is 22.5 Å². The summed E-state index contributed by atoms with van der Waals surface area (Å²) in [6.07, 6.45) is 14.2. The van der Waals surface area contributed by atoms with Gasteiger partial charge in [0.2, 0.25) is 0 Å². The van der Waals surface area contributed by atoms with Crippen LogP contribution in [0.15, 0.2) is 142 Å². The van der Waals surface area contributed by atoms with Crippen molar-refractivity contribution >= 4 is 68.0 Å². The molecule has 2 aliphatic rings. The molecule has 0 aliphatic carbocycles. The van der Waals surface area contributed by atoms with Crippen LogP contribution >= 0.6 is 23.5 Å². The number of hydrogen-bond acceptors (Lipinski definition) is 15. The van der Waals surface area contributed by atoms with Crippen LogP contribution in [0.4, 0.5) is 11.4 Å². The highest BCUT2D eigenvalue weighted by Crippen LogP contribution is 2.33. The Balaban J connectivity index is 0.000000151. The third-order valence-corrected chi connectivity index (χ3v) is 14.4. The van der Waals surface area contributed by atoms with Gasteiger partial charge in [-0.05, 0) is 134 Å². The molecule has 2 saturated heterocycles. The van der Waals surface area contributed by atoms with Gasteiger partial charge in [0.25, 0.3) is 0 Å². The average molecular weight is 957 g/mol. The highest BCUT2D eigenvalue weighted by Gasteiger charge is 2.18. The molecule has 350 valence electrons. The normalized spacial score (nSPS) is 14.9. The molecule has 17 nitrogen and oxygen atoms in total. The first-order chi connectivity index (χ1) is 33.9. The van der Waals surface area contributed by atoms with Crippen molar-refractivity contribution in [1.82, 2.24) is 68.9 Å². The van der Waals surface area contributed by atoms with Crippen molar-refractivity contribution < 1.29 is 5.11 Å². The number of benzene rings is 2. The van der Waals surface area contributed by atoms with Crippen LogP contribution in [0.3, 0.4) is 0 Å². The average Bonchev–Trinajstić information content (AvgIpc) is 4.11. The van der Waals surface area contributed by atoms with E-state index in [0.717, 1.165) is 153 Å². The molecule has 19 heteroatoms. The molecule has 69 heavy (non-hydrogen) atoms. The first kappa shape index (κ1) is 44.6. The zero-order valence-corrected chi connectivity index (χ0v) is 40.1. The Morgan fingerprint density at radius 3 is 1.68 bits per heavy atom. The summed E-state index contributed by atoms with van der Waals surface area (Å²) in [5.41, 5.74) is 9.82. The molecule has 2 aromatic carbocycles. The van der Waals surface area contributed by atoms with Crippen molar-refractivity contribution in [3.05, 3.63) is 122 Å². The van der Waals surface area contributed by atoms with Crippen LogP contribution < -0.4 is 15.1 Å². The molecule has 10 heterocycles. The van der Waals surface area contributed by atoms with Gasteiger partial charge in [0.05, 0.1) is 52.8 Å². The highest BCUT2D eigenvalue weighted by atomic mass is 32.2. The van der Waals surface area contributed by atoms with E-state index in [1.165, 1.54) is 5.69 Å². The van der Waals surface area contributed by atoms with Crippen LogP contribution in [-0.2, 0) is 14.1 Å². The molecule has 2 fully saturated rings. The molecule has 0 amide bonds. The fourth-order valence-corrected chi connectivity index (χ4v) is 10.6. The maximum atomic E-state index is 9.27. The molecule has 0 bridgehead atoms. The Kier molecular flexibility index (Phi) is 12.9. The second-order valence-corrected chi connectivity index (χ2v) is 19.4. The molecule has 0 saturated carbocycles. The summed E-state index contributed by atoms with van der Waals surface area (Å²) >= 11 is 3.20. The van der Waals surface area contributed by atoms with Crippen molar-refractivity contribution in [3.63, 3.8) is 0 Å². The number of aromatic nitrogens is 12. The maximum absolute atomic E-state index is 9.27. The first-order valence-electron chi connectivity index (χ1n) is 23.3. The molecule has 2 aliphatic heterocycles. The third-order valence-electron chi connectivity index (χ3n) is 12.5. The van der Waals surface area contributed by atoms with Crippen LogP contribution in [0.25, 0.3) is 55.6 Å². The van der Waals surface area contributed by atoms with Gasteiger partial charge >= 0.3 is 0 Å². The van der Waals surface area contributed by atoms with Crippen molar-refractivity contribution in [2.24, 2.45) is 14.1 Å². The number of rotatable bonds is 10. The van der Waals surface area contributed by atoms with Gasteiger partial charge in [0, 0.05) is 116 Å². The smallest absolute Gasteiger partial charge is 0.200 e. The van der Waals surface area contributed by atoms with Crippen molar-refractivity contribution in [1.29, 1.82) is 0 Å². The molecule has 10 aromatic rings. The monoisotopic (exact) mass is 956 g/mol. The van der Waals surface area contributed by atoms with Gasteiger partial charge < -0.3 is 20.2 Å². The third kappa shape index (κ3) is 10.00. The summed E-state index contributed by atoms with van der Waals surface area (Å²) in [6, 6.07) is 29.2. The van der Waals surface area contributed by atoms with Gasteiger partial charge in [-0.2, -0.15) is 10.2 Å². The Labute approximate surface area is 407 Å². The predicted molar refractivity (Wildman–Crippen MR) is 272 cm³/mol. The Hall–Kier alpha value is -6.90. The predicted octanol–water partition coefficient (Wildman–Crippen LogP) is 6.96. The van der Waals surface area contributed by atoms with Crippen LogP contribution in [0.5, 0.6) is 0 Å². The van der Waals surface area contributed by atoms with Crippen LogP contribution in [-0.4, -0.2) is 134 Å². The zero-order chi connectivity index (χ0) is 46.7. The lowest BCUT2D eigenvalue weighted by Gasteiger charge is -2.23. The fraction of sp³-hybridized carbons (Fsp3) is 0.280. The number of aryl methyl sites for hydroxylation is 2. The lowest BCUT2D eigenvalue weighted by atomic mass is 10.2. The Bertz CT molecular complexity index is 3390. The molecule has 8 aromatic heterocycles. The first-order valence-corrected chi connectivity index (χ1v) is 24.9. The number of nitrogens with zero attached hydrogens (tertiary/aromatic N) is 15. The number of hydrogen-bond donors (Lipinski definition) is 2. The van der Waals surface area contributed by atoms with E-state index in [2.05, 4.69) is 99.1 Å². The van der Waals surface area contributed by atoms with E-state index >= 15 is 0 Å². The molecular formula is C50H52N16OS2. The highest BCUT2D eigenvalue weighted by molar-refractivity contribution is 7.99. The summed E-state index contributed by atoms with van der Waals surface area (Å²) in [4.78, 5) is 18.8. The van der Waals surface area contributed by atoms with Gasteiger partial charge in [-0.25, -0.2) is 0 Å². The van der Waals surface area contributed by atoms with Gasteiger partial charge in [-0.3, -0.25) is 33.0 Å². The minimum Gasteiger partial charge on any atom is -0.395 e. The van der Waals surface area contributed by atoms with Gasteiger partial charge in [-0.15, -0.1) is 20.4 Å². The largest absolute Gasteiger partial charge is 0.395 e. The topological polar surface area (TPSA) is 164 Å². The second kappa shape index (κ2) is 20.0. The number of anilines is 2. The van der Waals surface area contributed by atoms with E-state index in [4.69, 9.17) is 9.97 Å². The van der Waals surface area contributed by atoms with E-state index in [1.54, 1.807) is 32.9 Å². The number of aliphatic hydroxyl groups is 1. The van der Waals surface area contributed by atoms with Crippen LogP contribution in [0, 0.1) is 0 Å². The van der Waals surface area contributed by atoms with Gasteiger partial charge in [-0.1, -0.05) is 0 Å². The minimum absolute atomic E-state index is 0.212. The van der Waals surface area contributed by atoms with Crippen molar-refractivity contribution in [2.75, 3.05) is 75.3 Å². The van der Waals surface area contributed by atoms with E-state index in [9.17, 15) is 5.11 Å². The van der Waals surface area contributed by atoms with E-state index in [0.29, 0.717) is 0 Å². The van der Waals surface area contributed by atoms with E-state index in [1.807, 2.05) is 96.5 Å². The molecule has 0 spiro atoms. The number of aliphatic hydroxyl groups excluding tert-OH is 1. The van der Waals surface area contributed by atoms with Crippen LogP contribution in [0.2, 0.25) is 0 Å². The fourth-order valence-electron chi connectivity index (χ4n) is 8.90. The summed E-state index contributed by atoms with van der Waals surface area (Å²) in [5, 5.41) is 43.2. The molecule has 0 unspecified atom stereocenters. The van der Waals surface area contributed by atoms with Gasteiger partial charge in [0.15, 0.2) is 21.6 Å². The SMILES string of the molecule is Cn1ccc(-c2ccc3nnc(Sc4ccc5ncc(N6CCCN(CCO)CC6)cc5c4)n3c2)n1.Cn1ccc(-c2ccc3nnc(Sc4ccc5ncc(N6CCCNCC6)cc5c4)n3c2)n1. The van der Waals surface area contributed by atoms with E-state index < -0.39 is 0 Å². The Morgan fingerprint density at radius 1 is 0.565 bits per heavy atom. The summed E-state index contributed by atoms with van der Waals surface area (Å²) in [6.45, 7) is 9.00. The summed E-state index contributed by atoms with van der Waals surface area (Å²) in [7, 11) is 3.84. The summed E-state index contributed by atoms with van der Waals surface area (Å²) < 4.78 is 7.65. The second-order valence-electron chi connectivity index (χ2n) is 17.3. The van der Waals surface area contributed by atoms with Crippen LogP contribution in [0.1, 0.15) is 12.8 Å². The Morgan fingerprint density at radius 2 is 1.13 bits per heavy atom. The lowest BCUT2D eigenvalue weighted by molar-refractivity contribution is 0.204. The van der Waals surface area contributed by atoms with Gasteiger partial charge in [0.1, 0.15) is 0 Å². The lowest BCUT2D eigenvalue weighted by Crippen LogP contribution is -2.32. The quantitative estimate of drug-likeness (QED) is 0.145. The molecule has 12 rings (SSSR count). The minimum atomic E-state index is 0.212. The summed E-state index contributed by atoms with van der Waals surface area (Å²) in [5.74, 6) is 0. The van der Waals surface area contributed by atoms with Crippen molar-refractivity contribution in [2.45, 2.75) is 32.9 Å². The number of pyridine rings is 4. The zero-order valence-electron chi connectivity index (χ0n) is 38.5. The molecule has 0 atom stereocenters. The number of nitrogens with one attached hydrogen (secondary N) is 1. The standard InChI is InChI=1S/C26H28N8OS.C24H24N8S/c1-31-10-7-24(30-31)19-3-6-25-28-29-26(34(25)18-19)36-22-4-5-23-20(16-22)15-21(17-27-23)33-9-2-8-32(11-12-33)13-14-35;1-30-11-7-22(29-30)17-3-6-23-27-28-24(32(23)16-17)33-20-4-5-21-18(14-20)13-19(15-26-21)31-10-2-8-25-9-12-31/h3-7,10,15-18,35H,2,8-9,11-14H2,1H3;3-7,11,13-16,25H,2,8-10,12H2,1H3. The molecular weight excluding hydrogens is 905 g/mol.